The van der Waals surface area contributed by atoms with Gasteiger partial charge in [-0.15, -0.1) is 0 Å². The molecule has 24 heavy (non-hydrogen) atoms. The molecular weight excluding hydrogens is 306 g/mol. The number of amides is 3. The minimum absolute atomic E-state index is 0.0957. The summed E-state index contributed by atoms with van der Waals surface area (Å²) in [4.78, 5) is 23.8. The maximum atomic E-state index is 12.5. The average molecular weight is 325 g/mol. The molecular formula is C18H19N3O3. The maximum Gasteiger partial charge on any atom is 0.318 e. The van der Waals surface area contributed by atoms with Crippen LogP contribution >= 0.6 is 0 Å². The molecule has 2 aromatic carbocycles. The highest BCUT2D eigenvalue weighted by molar-refractivity contribution is 5.94. The number of anilines is 2. The summed E-state index contributed by atoms with van der Waals surface area (Å²) in [5, 5.41) is 8.04. The molecule has 3 amide bonds. The van der Waals surface area contributed by atoms with Gasteiger partial charge in [-0.3, -0.25) is 4.79 Å². The van der Waals surface area contributed by atoms with Crippen LogP contribution in [0.4, 0.5) is 16.2 Å². The van der Waals surface area contributed by atoms with Crippen LogP contribution in [-0.4, -0.2) is 25.6 Å². The molecule has 0 saturated carbocycles. The minimum Gasteiger partial charge on any atom is -0.492 e. The van der Waals surface area contributed by atoms with Crippen LogP contribution in [0.15, 0.2) is 48.5 Å². The van der Waals surface area contributed by atoms with E-state index < -0.39 is 0 Å². The normalized spacial score (nSPS) is 15.6. The predicted octanol–water partition coefficient (Wildman–Crippen LogP) is 2.63. The summed E-state index contributed by atoms with van der Waals surface area (Å²) in [6.45, 7) is 0.360. The summed E-state index contributed by atoms with van der Waals surface area (Å²) >= 11 is 0. The molecule has 0 spiro atoms. The third-order valence-corrected chi connectivity index (χ3v) is 3.86. The highest BCUT2D eigenvalue weighted by Gasteiger charge is 2.25. The van der Waals surface area contributed by atoms with Crippen molar-refractivity contribution in [2.24, 2.45) is 5.92 Å². The van der Waals surface area contributed by atoms with Crippen LogP contribution in [0, 0.1) is 5.92 Å². The van der Waals surface area contributed by atoms with Crippen LogP contribution in [0.25, 0.3) is 0 Å². The number of fused-ring (bicyclic) bond motifs is 1. The Labute approximate surface area is 140 Å². The van der Waals surface area contributed by atoms with Crippen molar-refractivity contribution in [1.29, 1.82) is 0 Å². The first kappa shape index (κ1) is 15.9. The number of hydrogen-bond donors (Lipinski definition) is 3. The molecule has 1 aliphatic heterocycles. The number of carbonyl (C=O) groups excluding carboxylic acids is 2. The van der Waals surface area contributed by atoms with Crippen molar-refractivity contribution in [1.82, 2.24) is 5.32 Å². The number of hydrogen-bond acceptors (Lipinski definition) is 3. The number of rotatable bonds is 3. The molecule has 2 aromatic rings. The van der Waals surface area contributed by atoms with Crippen molar-refractivity contribution < 1.29 is 14.3 Å². The van der Waals surface area contributed by atoms with Crippen molar-refractivity contribution in [2.75, 3.05) is 24.3 Å². The lowest BCUT2D eigenvalue weighted by Gasteiger charge is -2.24. The van der Waals surface area contributed by atoms with E-state index in [1.165, 1.54) is 0 Å². The lowest BCUT2D eigenvalue weighted by atomic mass is 9.96. The first-order chi connectivity index (χ1) is 11.7. The summed E-state index contributed by atoms with van der Waals surface area (Å²) < 4.78 is 5.66. The van der Waals surface area contributed by atoms with Gasteiger partial charge >= 0.3 is 6.03 Å². The highest BCUT2D eigenvalue weighted by atomic mass is 16.5. The zero-order valence-corrected chi connectivity index (χ0v) is 13.3. The Morgan fingerprint density at radius 2 is 1.79 bits per heavy atom. The van der Waals surface area contributed by atoms with Crippen molar-refractivity contribution >= 4 is 23.3 Å². The SMILES string of the molecule is CNC(=O)Nc1cccc(NC(=O)C2COc3ccccc3C2)c1. The molecule has 0 aromatic heterocycles. The Balaban J connectivity index is 1.65. The molecule has 3 N–H and O–H groups in total. The molecule has 0 fully saturated rings. The van der Waals surface area contributed by atoms with E-state index in [1.807, 2.05) is 24.3 Å². The van der Waals surface area contributed by atoms with Gasteiger partial charge in [-0.2, -0.15) is 0 Å². The van der Waals surface area contributed by atoms with Gasteiger partial charge in [0.2, 0.25) is 5.91 Å². The van der Waals surface area contributed by atoms with Gasteiger partial charge in [-0.25, -0.2) is 4.79 Å². The van der Waals surface area contributed by atoms with Crippen LogP contribution in [0.2, 0.25) is 0 Å². The third kappa shape index (κ3) is 3.65. The van der Waals surface area contributed by atoms with Crippen LogP contribution < -0.4 is 20.7 Å². The number of benzene rings is 2. The average Bonchev–Trinajstić information content (AvgIpc) is 2.61. The zero-order chi connectivity index (χ0) is 16.9. The van der Waals surface area contributed by atoms with E-state index in [9.17, 15) is 9.59 Å². The fourth-order valence-electron chi connectivity index (χ4n) is 2.61. The zero-order valence-electron chi connectivity index (χ0n) is 13.3. The van der Waals surface area contributed by atoms with E-state index in [1.54, 1.807) is 31.3 Å². The van der Waals surface area contributed by atoms with Gasteiger partial charge in [0.25, 0.3) is 0 Å². The lowest BCUT2D eigenvalue weighted by molar-refractivity contribution is -0.121. The molecule has 1 heterocycles. The Morgan fingerprint density at radius 3 is 2.58 bits per heavy atom. The van der Waals surface area contributed by atoms with Gasteiger partial charge in [0, 0.05) is 18.4 Å². The van der Waals surface area contributed by atoms with Crippen molar-refractivity contribution in [3.8, 4) is 5.75 Å². The van der Waals surface area contributed by atoms with E-state index in [-0.39, 0.29) is 17.9 Å². The molecule has 3 rings (SSSR count). The van der Waals surface area contributed by atoms with Crippen molar-refractivity contribution in [3.63, 3.8) is 0 Å². The van der Waals surface area contributed by atoms with Gasteiger partial charge < -0.3 is 20.7 Å². The maximum absolute atomic E-state index is 12.5. The molecule has 0 saturated heterocycles. The first-order valence-corrected chi connectivity index (χ1v) is 7.76. The van der Waals surface area contributed by atoms with Gasteiger partial charge in [0.05, 0.1) is 5.92 Å². The van der Waals surface area contributed by atoms with Crippen LogP contribution in [0.5, 0.6) is 5.75 Å². The standard InChI is InChI=1S/C18H19N3O3/c1-19-18(23)21-15-7-4-6-14(10-15)20-17(22)13-9-12-5-2-3-8-16(12)24-11-13/h2-8,10,13H,9,11H2,1H3,(H,20,22)(H2,19,21,23). The van der Waals surface area contributed by atoms with Crippen molar-refractivity contribution in [2.45, 2.75) is 6.42 Å². The number of carbonyl (C=O) groups is 2. The van der Waals surface area contributed by atoms with E-state index >= 15 is 0 Å². The summed E-state index contributed by atoms with van der Waals surface area (Å²) in [6.07, 6.45) is 0.651. The van der Waals surface area contributed by atoms with Crippen LogP contribution in [0.1, 0.15) is 5.56 Å². The highest BCUT2D eigenvalue weighted by Crippen LogP contribution is 2.27. The molecule has 6 nitrogen and oxygen atoms in total. The molecule has 6 heteroatoms. The van der Waals surface area contributed by atoms with Gasteiger partial charge in [-0.05, 0) is 36.2 Å². The minimum atomic E-state index is -0.309. The smallest absolute Gasteiger partial charge is 0.318 e. The molecule has 0 bridgehead atoms. The fourth-order valence-corrected chi connectivity index (χ4v) is 2.61. The quantitative estimate of drug-likeness (QED) is 0.811. The fraction of sp³-hybridized carbons (Fsp3) is 0.222. The number of ether oxygens (including phenoxy) is 1. The molecule has 1 atom stereocenters. The van der Waals surface area contributed by atoms with Gasteiger partial charge in [0.1, 0.15) is 12.4 Å². The largest absolute Gasteiger partial charge is 0.492 e. The van der Waals surface area contributed by atoms with E-state index in [0.717, 1.165) is 11.3 Å². The summed E-state index contributed by atoms with van der Waals surface area (Å²) in [6, 6.07) is 14.5. The Hall–Kier alpha value is -3.02. The molecule has 1 aliphatic rings. The Morgan fingerprint density at radius 1 is 1.04 bits per heavy atom. The molecule has 0 radical (unpaired) electrons. The third-order valence-electron chi connectivity index (χ3n) is 3.86. The second-order valence-electron chi connectivity index (χ2n) is 5.59. The second-order valence-corrected chi connectivity index (χ2v) is 5.59. The lowest BCUT2D eigenvalue weighted by Crippen LogP contribution is -2.32. The first-order valence-electron chi connectivity index (χ1n) is 7.76. The second kappa shape index (κ2) is 7.04. The monoisotopic (exact) mass is 325 g/mol. The van der Waals surface area contributed by atoms with Gasteiger partial charge in [-0.1, -0.05) is 24.3 Å². The summed E-state index contributed by atoms with van der Waals surface area (Å²) in [5.74, 6) is 0.510. The topological polar surface area (TPSA) is 79.5 Å². The van der Waals surface area contributed by atoms with E-state index in [4.69, 9.17) is 4.74 Å². The Bertz CT molecular complexity index is 761. The van der Waals surface area contributed by atoms with Gasteiger partial charge in [0.15, 0.2) is 0 Å². The van der Waals surface area contributed by atoms with E-state index in [0.29, 0.717) is 24.4 Å². The number of para-hydroxylation sites is 1. The molecule has 0 aliphatic carbocycles. The van der Waals surface area contributed by atoms with E-state index in [2.05, 4.69) is 16.0 Å². The Kier molecular flexibility index (Phi) is 4.65. The summed E-state index contributed by atoms with van der Waals surface area (Å²) in [5.41, 5.74) is 2.28. The summed E-state index contributed by atoms with van der Waals surface area (Å²) in [7, 11) is 1.54. The molecule has 124 valence electrons. The predicted molar refractivity (Wildman–Crippen MR) is 92.3 cm³/mol. The van der Waals surface area contributed by atoms with Crippen LogP contribution in [0.3, 0.4) is 0 Å². The van der Waals surface area contributed by atoms with Crippen molar-refractivity contribution in [3.05, 3.63) is 54.1 Å². The number of nitrogens with one attached hydrogen (secondary N) is 3. The number of urea groups is 1. The van der Waals surface area contributed by atoms with Crippen LogP contribution in [-0.2, 0) is 11.2 Å². The molecule has 1 unspecified atom stereocenters.